The van der Waals surface area contributed by atoms with Crippen LogP contribution in [0.3, 0.4) is 0 Å². The number of hydrogen-bond acceptors (Lipinski definition) is 3. The van der Waals surface area contributed by atoms with Crippen molar-refractivity contribution in [2.45, 2.75) is 0 Å². The first-order valence-electron chi connectivity index (χ1n) is 17.3. The molecule has 2 heterocycles. The molecule has 11 rings (SSSR count). The van der Waals surface area contributed by atoms with Crippen molar-refractivity contribution >= 4 is 43.4 Å². The molecular formula is C47H28N4. The van der Waals surface area contributed by atoms with Crippen molar-refractivity contribution in [2.75, 3.05) is 0 Å². The van der Waals surface area contributed by atoms with Crippen LogP contribution < -0.4 is 0 Å². The lowest BCUT2D eigenvalue weighted by molar-refractivity contribution is 1.07. The lowest BCUT2D eigenvalue weighted by Gasteiger charge is -2.14. The van der Waals surface area contributed by atoms with E-state index in [4.69, 9.17) is 15.0 Å². The molecule has 4 heteroatoms. The van der Waals surface area contributed by atoms with Crippen LogP contribution >= 0.6 is 0 Å². The molecule has 1 aliphatic carbocycles. The highest BCUT2D eigenvalue weighted by Gasteiger charge is 2.23. The van der Waals surface area contributed by atoms with Crippen molar-refractivity contribution in [2.24, 2.45) is 0 Å². The molecule has 0 unspecified atom stereocenters. The smallest absolute Gasteiger partial charge is 0.164 e. The molecule has 0 fully saturated rings. The number of hydrogen-bond donors (Lipinski definition) is 0. The molecule has 0 N–H and O–H groups in total. The van der Waals surface area contributed by atoms with Crippen molar-refractivity contribution in [1.29, 1.82) is 0 Å². The Bertz CT molecular complexity index is 2970. The van der Waals surface area contributed by atoms with E-state index in [2.05, 4.69) is 156 Å². The van der Waals surface area contributed by atoms with E-state index in [0.29, 0.717) is 17.5 Å². The summed E-state index contributed by atoms with van der Waals surface area (Å²) in [5.74, 6) is 1.94. The molecule has 0 saturated heterocycles. The van der Waals surface area contributed by atoms with Gasteiger partial charge in [0.2, 0.25) is 0 Å². The summed E-state index contributed by atoms with van der Waals surface area (Å²) in [6, 6.07) is 60.3. The standard InChI is InChI=1S/C47H28N4/c1-2-12-30(13-3-1)45-48-46(32-24-25-35-38-20-10-15-29-16-11-21-39(44(29)38)40(35)27-32)50-47(49-45)41-28-33(26-31-14-4-5-17-34(31)41)51-42-22-8-6-18-36(42)37-19-7-9-23-43(37)51/h1-28H. The van der Waals surface area contributed by atoms with Gasteiger partial charge in [-0.15, -0.1) is 0 Å². The highest BCUT2D eigenvalue weighted by atomic mass is 15.0. The molecule has 0 amide bonds. The Balaban J connectivity index is 1.16. The molecule has 0 bridgehead atoms. The van der Waals surface area contributed by atoms with Crippen LogP contribution in [0.15, 0.2) is 170 Å². The summed E-state index contributed by atoms with van der Waals surface area (Å²) in [6.07, 6.45) is 0. The minimum Gasteiger partial charge on any atom is -0.309 e. The Labute approximate surface area is 294 Å². The van der Waals surface area contributed by atoms with E-state index < -0.39 is 0 Å². The van der Waals surface area contributed by atoms with E-state index in [1.807, 2.05) is 18.2 Å². The zero-order valence-electron chi connectivity index (χ0n) is 27.5. The average Bonchev–Trinajstić information content (AvgIpc) is 3.71. The van der Waals surface area contributed by atoms with Crippen molar-refractivity contribution in [3.63, 3.8) is 0 Å². The summed E-state index contributed by atoms with van der Waals surface area (Å²) >= 11 is 0. The zero-order valence-corrected chi connectivity index (χ0v) is 27.5. The minimum atomic E-state index is 0.642. The van der Waals surface area contributed by atoms with Gasteiger partial charge < -0.3 is 4.57 Å². The summed E-state index contributed by atoms with van der Waals surface area (Å²) in [5.41, 5.74) is 11.2. The van der Waals surface area contributed by atoms with Gasteiger partial charge in [-0.1, -0.05) is 140 Å². The maximum absolute atomic E-state index is 5.29. The van der Waals surface area contributed by atoms with Gasteiger partial charge in [-0.2, -0.15) is 0 Å². The molecule has 2 aromatic heterocycles. The molecule has 0 atom stereocenters. The fraction of sp³-hybridized carbons (Fsp3) is 0. The number of fused-ring (bicyclic) bond motifs is 7. The third-order valence-corrected chi connectivity index (χ3v) is 10.4. The van der Waals surface area contributed by atoms with Gasteiger partial charge in [0.25, 0.3) is 0 Å². The molecule has 0 radical (unpaired) electrons. The van der Waals surface area contributed by atoms with Gasteiger partial charge >= 0.3 is 0 Å². The van der Waals surface area contributed by atoms with E-state index in [1.165, 1.54) is 43.8 Å². The molecule has 4 nitrogen and oxygen atoms in total. The summed E-state index contributed by atoms with van der Waals surface area (Å²) in [4.78, 5) is 15.6. The summed E-state index contributed by atoms with van der Waals surface area (Å²) in [5, 5.41) is 7.23. The fourth-order valence-corrected chi connectivity index (χ4v) is 8.08. The van der Waals surface area contributed by atoms with Crippen LogP contribution in [0.5, 0.6) is 0 Å². The van der Waals surface area contributed by atoms with Crippen molar-refractivity contribution in [1.82, 2.24) is 19.5 Å². The molecule has 51 heavy (non-hydrogen) atoms. The molecule has 10 aromatic rings. The van der Waals surface area contributed by atoms with Gasteiger partial charge in [-0.25, -0.2) is 15.0 Å². The molecule has 0 aliphatic heterocycles. The van der Waals surface area contributed by atoms with E-state index in [9.17, 15) is 0 Å². The lowest BCUT2D eigenvalue weighted by Crippen LogP contribution is -2.02. The van der Waals surface area contributed by atoms with Crippen molar-refractivity contribution in [3.05, 3.63) is 170 Å². The van der Waals surface area contributed by atoms with Crippen LogP contribution in [-0.2, 0) is 0 Å². The molecule has 0 spiro atoms. The Kier molecular flexibility index (Phi) is 5.92. The summed E-state index contributed by atoms with van der Waals surface area (Å²) in [7, 11) is 0. The fourth-order valence-electron chi connectivity index (χ4n) is 8.08. The van der Waals surface area contributed by atoms with Crippen LogP contribution in [0.2, 0.25) is 0 Å². The van der Waals surface area contributed by atoms with E-state index >= 15 is 0 Å². The second-order valence-electron chi connectivity index (χ2n) is 13.2. The van der Waals surface area contributed by atoms with E-state index in [-0.39, 0.29) is 0 Å². The Morgan fingerprint density at radius 2 is 0.922 bits per heavy atom. The molecule has 0 saturated carbocycles. The second-order valence-corrected chi connectivity index (χ2v) is 13.2. The van der Waals surface area contributed by atoms with Gasteiger partial charge in [0.1, 0.15) is 0 Å². The third kappa shape index (κ3) is 4.23. The first-order valence-corrected chi connectivity index (χ1v) is 17.3. The first kappa shape index (κ1) is 28.0. The van der Waals surface area contributed by atoms with Gasteiger partial charge in [-0.3, -0.25) is 0 Å². The first-order chi connectivity index (χ1) is 25.3. The largest absolute Gasteiger partial charge is 0.309 e. The monoisotopic (exact) mass is 648 g/mol. The van der Waals surface area contributed by atoms with Gasteiger partial charge in [0.15, 0.2) is 17.5 Å². The number of para-hydroxylation sites is 2. The van der Waals surface area contributed by atoms with Crippen LogP contribution in [0.25, 0.3) is 105 Å². The summed E-state index contributed by atoms with van der Waals surface area (Å²) < 4.78 is 2.36. The maximum atomic E-state index is 5.29. The van der Waals surface area contributed by atoms with Crippen LogP contribution in [0.1, 0.15) is 0 Å². The van der Waals surface area contributed by atoms with E-state index in [0.717, 1.165) is 44.2 Å². The number of benzene rings is 8. The normalized spacial score (nSPS) is 11.9. The van der Waals surface area contributed by atoms with Crippen LogP contribution in [0.4, 0.5) is 0 Å². The zero-order chi connectivity index (χ0) is 33.5. The number of aromatic nitrogens is 4. The Hall–Kier alpha value is -6.91. The Morgan fingerprint density at radius 1 is 0.333 bits per heavy atom. The quantitative estimate of drug-likeness (QED) is 0.191. The molecular weight excluding hydrogens is 621 g/mol. The topological polar surface area (TPSA) is 43.6 Å². The van der Waals surface area contributed by atoms with Gasteiger partial charge in [0.05, 0.1) is 11.0 Å². The van der Waals surface area contributed by atoms with Crippen LogP contribution in [-0.4, -0.2) is 19.5 Å². The number of nitrogens with zero attached hydrogens (tertiary/aromatic N) is 4. The van der Waals surface area contributed by atoms with E-state index in [1.54, 1.807) is 0 Å². The van der Waals surface area contributed by atoms with Crippen LogP contribution in [0, 0.1) is 0 Å². The highest BCUT2D eigenvalue weighted by molar-refractivity contribution is 6.15. The third-order valence-electron chi connectivity index (χ3n) is 10.4. The highest BCUT2D eigenvalue weighted by Crippen LogP contribution is 2.48. The average molecular weight is 649 g/mol. The van der Waals surface area contributed by atoms with Gasteiger partial charge in [0, 0.05) is 33.2 Å². The second kappa shape index (κ2) is 10.8. The molecule has 236 valence electrons. The number of rotatable bonds is 4. The van der Waals surface area contributed by atoms with Crippen molar-refractivity contribution in [3.8, 4) is 62.1 Å². The minimum absolute atomic E-state index is 0.642. The predicted octanol–water partition coefficient (Wildman–Crippen LogP) is 11.9. The predicted molar refractivity (Wildman–Crippen MR) is 210 cm³/mol. The molecule has 1 aliphatic rings. The maximum Gasteiger partial charge on any atom is 0.164 e. The van der Waals surface area contributed by atoms with Gasteiger partial charge in [-0.05, 0) is 74.1 Å². The molecule has 8 aromatic carbocycles. The lowest BCUT2D eigenvalue weighted by atomic mass is 10.0. The summed E-state index contributed by atoms with van der Waals surface area (Å²) in [6.45, 7) is 0. The van der Waals surface area contributed by atoms with Crippen molar-refractivity contribution < 1.29 is 0 Å². The SMILES string of the molecule is c1ccc(-c2nc(-c3ccc4c(c3)-c3cccc5cccc-4c35)nc(-c3cc(-n4c5ccccc5c5ccccc54)cc4ccccc34)n2)cc1. The Morgan fingerprint density at radius 3 is 1.67 bits per heavy atom.